The number of hydrogen-bond donors (Lipinski definition) is 0. The number of unbranched alkanes of at least 4 members (excludes halogenated alkanes) is 3. The largest absolute Gasteiger partial charge is 0.374 e. The number of allylic oxidation sites excluding steroid dienone is 1. The number of hydrogen-bond acceptors (Lipinski definition) is 1. The first-order chi connectivity index (χ1) is 7.24. The Morgan fingerprint density at radius 3 is 2.73 bits per heavy atom. The summed E-state index contributed by atoms with van der Waals surface area (Å²) in [6.45, 7) is 7.70. The smallest absolute Gasteiger partial charge is 0.0782 e. The van der Waals surface area contributed by atoms with Crippen LogP contribution in [0.4, 0.5) is 0 Å². The maximum absolute atomic E-state index is 5.92. The first kappa shape index (κ1) is 12.8. The molecule has 1 aliphatic rings. The molecule has 0 radical (unpaired) electrons. The van der Waals surface area contributed by atoms with Gasteiger partial charge in [0, 0.05) is 6.61 Å². The van der Waals surface area contributed by atoms with Crippen molar-refractivity contribution < 1.29 is 4.74 Å². The van der Waals surface area contributed by atoms with Crippen molar-refractivity contribution in [2.24, 2.45) is 5.92 Å². The zero-order valence-corrected chi connectivity index (χ0v) is 10.6. The molecule has 0 saturated carbocycles. The van der Waals surface area contributed by atoms with Crippen molar-refractivity contribution in [1.29, 1.82) is 0 Å². The Hall–Kier alpha value is -0.300. The lowest BCUT2D eigenvalue weighted by Gasteiger charge is -2.25. The van der Waals surface area contributed by atoms with E-state index >= 15 is 0 Å². The quantitative estimate of drug-likeness (QED) is 0.468. The highest BCUT2D eigenvalue weighted by molar-refractivity contribution is 5.10. The lowest BCUT2D eigenvalue weighted by molar-refractivity contribution is 0.0610. The van der Waals surface area contributed by atoms with Crippen LogP contribution in [0, 0.1) is 5.92 Å². The first-order valence-electron chi connectivity index (χ1n) is 6.54. The topological polar surface area (TPSA) is 9.23 Å². The van der Waals surface area contributed by atoms with E-state index in [9.17, 15) is 0 Å². The van der Waals surface area contributed by atoms with E-state index in [1.165, 1.54) is 44.1 Å². The first-order valence-corrected chi connectivity index (χ1v) is 6.54. The van der Waals surface area contributed by atoms with Crippen molar-refractivity contribution in [2.75, 3.05) is 6.61 Å². The zero-order valence-electron chi connectivity index (χ0n) is 10.6. The maximum Gasteiger partial charge on any atom is 0.0782 e. The van der Waals surface area contributed by atoms with Gasteiger partial charge in [0.1, 0.15) is 0 Å². The molecule has 0 spiro atoms. The summed E-state index contributed by atoms with van der Waals surface area (Å²) in [6.07, 6.45) is 10.5. The summed E-state index contributed by atoms with van der Waals surface area (Å²) in [5.41, 5.74) is 1.45. The van der Waals surface area contributed by atoms with Crippen LogP contribution >= 0.6 is 0 Å². The summed E-state index contributed by atoms with van der Waals surface area (Å²) < 4.78 is 5.92. The minimum absolute atomic E-state index is 0.419. The molecule has 15 heavy (non-hydrogen) atoms. The summed E-state index contributed by atoms with van der Waals surface area (Å²) in [7, 11) is 0. The maximum atomic E-state index is 5.92. The van der Waals surface area contributed by atoms with E-state index in [1.807, 2.05) is 0 Å². The van der Waals surface area contributed by atoms with Crippen molar-refractivity contribution in [3.8, 4) is 0 Å². The van der Waals surface area contributed by atoms with E-state index in [0.717, 1.165) is 12.5 Å². The van der Waals surface area contributed by atoms with Gasteiger partial charge in [-0.1, -0.05) is 39.2 Å². The molecular weight excluding hydrogens is 184 g/mol. The average Bonchev–Trinajstić information content (AvgIpc) is 2.20. The van der Waals surface area contributed by atoms with Crippen LogP contribution in [0.3, 0.4) is 0 Å². The molecule has 2 unspecified atom stereocenters. The Morgan fingerprint density at radius 1 is 1.27 bits per heavy atom. The van der Waals surface area contributed by atoms with Crippen molar-refractivity contribution in [1.82, 2.24) is 0 Å². The molecule has 0 aromatic carbocycles. The standard InChI is InChI=1S/C14H26O/c1-4-5-6-7-10-15-14-9-8-12(2)11-13(14)3/h11-12,14H,4-10H2,1-3H3. The van der Waals surface area contributed by atoms with Crippen molar-refractivity contribution in [3.05, 3.63) is 11.6 Å². The predicted octanol–water partition coefficient (Wildman–Crippen LogP) is 4.33. The Kier molecular flexibility index (Phi) is 6.00. The Bertz CT molecular complexity index is 196. The van der Waals surface area contributed by atoms with Crippen LogP contribution < -0.4 is 0 Å². The van der Waals surface area contributed by atoms with Gasteiger partial charge in [-0.15, -0.1) is 0 Å². The minimum Gasteiger partial charge on any atom is -0.374 e. The summed E-state index contributed by atoms with van der Waals surface area (Å²) in [6, 6.07) is 0. The third-order valence-electron chi connectivity index (χ3n) is 3.26. The summed E-state index contributed by atoms with van der Waals surface area (Å²) >= 11 is 0. The van der Waals surface area contributed by atoms with E-state index in [2.05, 4.69) is 26.8 Å². The van der Waals surface area contributed by atoms with Gasteiger partial charge in [-0.05, 0) is 37.7 Å². The van der Waals surface area contributed by atoms with Crippen LogP contribution in [0.5, 0.6) is 0 Å². The van der Waals surface area contributed by atoms with Gasteiger partial charge in [0.05, 0.1) is 6.10 Å². The molecule has 0 fully saturated rings. The summed E-state index contributed by atoms with van der Waals surface area (Å²) in [5, 5.41) is 0. The van der Waals surface area contributed by atoms with E-state index in [4.69, 9.17) is 4.74 Å². The van der Waals surface area contributed by atoms with Gasteiger partial charge in [-0.25, -0.2) is 0 Å². The second-order valence-electron chi connectivity index (χ2n) is 4.89. The van der Waals surface area contributed by atoms with Gasteiger partial charge in [-0.2, -0.15) is 0 Å². The van der Waals surface area contributed by atoms with E-state index < -0.39 is 0 Å². The second-order valence-corrected chi connectivity index (χ2v) is 4.89. The molecule has 1 rings (SSSR count). The zero-order chi connectivity index (χ0) is 11.1. The molecule has 0 aliphatic heterocycles. The molecule has 0 saturated heterocycles. The van der Waals surface area contributed by atoms with Gasteiger partial charge in [0.2, 0.25) is 0 Å². The fourth-order valence-corrected chi connectivity index (χ4v) is 2.25. The Labute approximate surface area is 94.9 Å². The van der Waals surface area contributed by atoms with E-state index in [0.29, 0.717) is 6.10 Å². The van der Waals surface area contributed by atoms with Crippen molar-refractivity contribution in [2.45, 2.75) is 65.4 Å². The third-order valence-corrected chi connectivity index (χ3v) is 3.26. The Balaban J connectivity index is 2.13. The van der Waals surface area contributed by atoms with Crippen molar-refractivity contribution >= 4 is 0 Å². The second kappa shape index (κ2) is 7.05. The van der Waals surface area contributed by atoms with Gasteiger partial charge in [0.15, 0.2) is 0 Å². The van der Waals surface area contributed by atoms with Gasteiger partial charge < -0.3 is 4.74 Å². The van der Waals surface area contributed by atoms with Crippen LogP contribution in [0.2, 0.25) is 0 Å². The highest BCUT2D eigenvalue weighted by Gasteiger charge is 2.17. The lowest BCUT2D eigenvalue weighted by Crippen LogP contribution is -2.20. The molecule has 1 aliphatic carbocycles. The van der Waals surface area contributed by atoms with Crippen molar-refractivity contribution in [3.63, 3.8) is 0 Å². The normalized spacial score (nSPS) is 26.5. The fraction of sp³-hybridized carbons (Fsp3) is 0.857. The van der Waals surface area contributed by atoms with Gasteiger partial charge >= 0.3 is 0 Å². The van der Waals surface area contributed by atoms with Crippen LogP contribution in [0.1, 0.15) is 59.3 Å². The third kappa shape index (κ3) is 4.83. The molecular formula is C14H26O. The minimum atomic E-state index is 0.419. The SMILES string of the molecule is CCCCCCOC1CCC(C)C=C1C. The van der Waals surface area contributed by atoms with Crippen LogP contribution in [-0.4, -0.2) is 12.7 Å². The summed E-state index contributed by atoms with van der Waals surface area (Å²) in [5.74, 6) is 0.755. The van der Waals surface area contributed by atoms with E-state index in [-0.39, 0.29) is 0 Å². The Morgan fingerprint density at radius 2 is 2.07 bits per heavy atom. The lowest BCUT2D eigenvalue weighted by atomic mass is 9.90. The molecule has 0 bridgehead atoms. The highest BCUT2D eigenvalue weighted by Crippen LogP contribution is 2.25. The highest BCUT2D eigenvalue weighted by atomic mass is 16.5. The predicted molar refractivity (Wildman–Crippen MR) is 66.0 cm³/mol. The van der Waals surface area contributed by atoms with Crippen LogP contribution in [-0.2, 0) is 4.74 Å². The summed E-state index contributed by atoms with van der Waals surface area (Å²) in [4.78, 5) is 0. The molecule has 1 heteroatoms. The average molecular weight is 210 g/mol. The monoisotopic (exact) mass is 210 g/mol. The number of rotatable bonds is 6. The molecule has 2 atom stereocenters. The molecule has 0 amide bonds. The number of ether oxygens (including phenoxy) is 1. The molecule has 0 N–H and O–H groups in total. The van der Waals surface area contributed by atoms with Crippen LogP contribution in [0.25, 0.3) is 0 Å². The van der Waals surface area contributed by atoms with Gasteiger partial charge in [-0.3, -0.25) is 0 Å². The fourth-order valence-electron chi connectivity index (χ4n) is 2.25. The molecule has 0 aromatic rings. The molecule has 0 heterocycles. The molecule has 1 nitrogen and oxygen atoms in total. The molecule has 88 valence electrons. The van der Waals surface area contributed by atoms with E-state index in [1.54, 1.807) is 0 Å². The van der Waals surface area contributed by atoms with Gasteiger partial charge in [0.25, 0.3) is 0 Å². The van der Waals surface area contributed by atoms with Crippen LogP contribution in [0.15, 0.2) is 11.6 Å². The molecule has 0 aromatic heterocycles.